The van der Waals surface area contributed by atoms with Gasteiger partial charge in [0.1, 0.15) is 6.04 Å². The van der Waals surface area contributed by atoms with E-state index in [-0.39, 0.29) is 12.4 Å². The molecule has 0 radical (unpaired) electrons. The first-order valence-electron chi connectivity index (χ1n) is 4.88. The number of hydrogen-bond donors (Lipinski definition) is 2. The van der Waals surface area contributed by atoms with Crippen LogP contribution in [-0.4, -0.2) is 17.3 Å². The number of aliphatic hydroxyl groups is 1. The molecule has 0 bridgehead atoms. The average Bonchev–Trinajstić information content (AvgIpc) is 2.16. The van der Waals surface area contributed by atoms with Gasteiger partial charge in [0.15, 0.2) is 0 Å². The molecule has 3 N–H and O–H groups in total. The van der Waals surface area contributed by atoms with Gasteiger partial charge in [-0.2, -0.15) is 13.2 Å². The summed E-state index contributed by atoms with van der Waals surface area (Å²) in [7, 11) is 0. The summed E-state index contributed by atoms with van der Waals surface area (Å²) in [5.74, 6) is 0. The van der Waals surface area contributed by atoms with Gasteiger partial charge in [-0.25, -0.2) is 0 Å². The van der Waals surface area contributed by atoms with Crippen LogP contribution in [0.4, 0.5) is 13.2 Å². The normalized spacial score (nSPS) is 14.9. The fourth-order valence-electron chi connectivity index (χ4n) is 1.46. The quantitative estimate of drug-likeness (QED) is 0.886. The minimum absolute atomic E-state index is 0. The average molecular weight is 270 g/mol. The number of aliphatic hydroxyl groups excluding tert-OH is 1. The maximum Gasteiger partial charge on any atom is 0.403 e. The van der Waals surface area contributed by atoms with Crippen molar-refractivity contribution in [1.82, 2.24) is 0 Å². The van der Waals surface area contributed by atoms with Crippen LogP contribution in [0.3, 0.4) is 0 Å². The molecule has 17 heavy (non-hydrogen) atoms. The van der Waals surface area contributed by atoms with Crippen LogP contribution >= 0.6 is 12.4 Å². The Morgan fingerprint density at radius 1 is 1.29 bits per heavy atom. The molecule has 0 unspecified atom stereocenters. The van der Waals surface area contributed by atoms with E-state index < -0.39 is 24.7 Å². The van der Waals surface area contributed by atoms with Crippen LogP contribution in [0.2, 0.25) is 0 Å². The van der Waals surface area contributed by atoms with Crippen molar-refractivity contribution in [3.63, 3.8) is 0 Å². The first-order chi connectivity index (χ1) is 7.32. The van der Waals surface area contributed by atoms with Gasteiger partial charge < -0.3 is 10.8 Å². The van der Waals surface area contributed by atoms with Gasteiger partial charge in [0.2, 0.25) is 0 Å². The van der Waals surface area contributed by atoms with Crippen LogP contribution < -0.4 is 5.73 Å². The van der Waals surface area contributed by atoms with Crippen LogP contribution in [-0.2, 0) is 0 Å². The maximum atomic E-state index is 12.2. The van der Waals surface area contributed by atoms with Crippen molar-refractivity contribution in [3.8, 4) is 0 Å². The maximum absolute atomic E-state index is 12.2. The summed E-state index contributed by atoms with van der Waals surface area (Å²) >= 11 is 0. The lowest BCUT2D eigenvalue weighted by Gasteiger charge is -2.20. The van der Waals surface area contributed by atoms with Crippen LogP contribution in [0.15, 0.2) is 24.3 Å². The molecule has 0 aromatic heterocycles. The summed E-state index contributed by atoms with van der Waals surface area (Å²) in [6, 6.07) is 4.77. The third-order valence-electron chi connectivity index (χ3n) is 2.45. The molecule has 1 aromatic rings. The fraction of sp³-hybridized carbons (Fsp3) is 0.455. The Kier molecular flexibility index (Phi) is 5.95. The lowest BCUT2D eigenvalue weighted by atomic mass is 9.98. The van der Waals surface area contributed by atoms with Crippen molar-refractivity contribution in [3.05, 3.63) is 35.4 Å². The Labute approximate surface area is 104 Å². The number of alkyl halides is 3. The molecule has 0 amide bonds. The topological polar surface area (TPSA) is 46.2 Å². The Bertz CT molecular complexity index is 357. The molecule has 0 aliphatic carbocycles. The molecule has 0 aliphatic heterocycles. The monoisotopic (exact) mass is 269 g/mol. The second-order valence-corrected chi connectivity index (χ2v) is 3.76. The van der Waals surface area contributed by atoms with E-state index in [1.807, 2.05) is 0 Å². The van der Waals surface area contributed by atoms with Crippen molar-refractivity contribution >= 4 is 12.4 Å². The lowest BCUT2D eigenvalue weighted by molar-refractivity contribution is -0.153. The summed E-state index contributed by atoms with van der Waals surface area (Å²) in [4.78, 5) is 0. The summed E-state index contributed by atoms with van der Waals surface area (Å²) in [6.07, 6.45) is -6.17. The van der Waals surface area contributed by atoms with Gasteiger partial charge in [0.25, 0.3) is 0 Å². The third-order valence-corrected chi connectivity index (χ3v) is 2.45. The zero-order valence-electron chi connectivity index (χ0n) is 9.24. The minimum atomic E-state index is -4.47. The molecule has 2 atom stereocenters. The molecular formula is C11H15ClF3NO. The number of aryl methyl sites for hydroxylation is 1. The number of rotatable bonds is 3. The van der Waals surface area contributed by atoms with E-state index in [0.29, 0.717) is 5.56 Å². The number of hydrogen-bond acceptors (Lipinski definition) is 2. The van der Waals surface area contributed by atoms with Crippen LogP contribution in [0.1, 0.15) is 23.7 Å². The molecule has 0 saturated heterocycles. The van der Waals surface area contributed by atoms with Crippen molar-refractivity contribution in [2.45, 2.75) is 31.7 Å². The Balaban J connectivity index is 0.00000256. The van der Waals surface area contributed by atoms with E-state index >= 15 is 0 Å². The van der Waals surface area contributed by atoms with E-state index in [4.69, 9.17) is 5.73 Å². The van der Waals surface area contributed by atoms with Gasteiger partial charge >= 0.3 is 6.18 Å². The molecular weight excluding hydrogens is 255 g/mol. The Morgan fingerprint density at radius 2 is 1.82 bits per heavy atom. The number of nitrogens with two attached hydrogens (primary N) is 1. The van der Waals surface area contributed by atoms with E-state index in [1.54, 1.807) is 31.2 Å². The van der Waals surface area contributed by atoms with E-state index in [9.17, 15) is 18.3 Å². The van der Waals surface area contributed by atoms with Gasteiger partial charge in [-0.15, -0.1) is 12.4 Å². The largest absolute Gasteiger partial charge is 0.403 e. The van der Waals surface area contributed by atoms with Crippen LogP contribution in [0.25, 0.3) is 0 Å². The zero-order chi connectivity index (χ0) is 12.3. The minimum Gasteiger partial charge on any atom is -0.388 e. The molecule has 98 valence electrons. The van der Waals surface area contributed by atoms with Crippen molar-refractivity contribution in [2.24, 2.45) is 5.73 Å². The predicted octanol–water partition coefficient (Wildman–Crippen LogP) is 2.73. The molecule has 2 nitrogen and oxygen atoms in total. The van der Waals surface area contributed by atoms with Gasteiger partial charge in [0, 0.05) is 6.42 Å². The Hall–Kier alpha value is -0.780. The molecule has 0 heterocycles. The molecule has 0 saturated carbocycles. The molecule has 0 fully saturated rings. The highest BCUT2D eigenvalue weighted by Crippen LogP contribution is 2.27. The van der Waals surface area contributed by atoms with Gasteiger partial charge in [0.05, 0.1) is 6.10 Å². The van der Waals surface area contributed by atoms with Gasteiger partial charge in [-0.05, 0) is 18.1 Å². The number of halogens is 4. The highest BCUT2D eigenvalue weighted by Gasteiger charge is 2.38. The SMILES string of the molecule is Cc1ccccc1[C@@H](O)C[C@H](N)C(F)(F)F.Cl. The van der Waals surface area contributed by atoms with Gasteiger partial charge in [-0.3, -0.25) is 0 Å². The first kappa shape index (κ1) is 16.2. The fourth-order valence-corrected chi connectivity index (χ4v) is 1.46. The van der Waals surface area contributed by atoms with E-state index in [0.717, 1.165) is 5.56 Å². The molecule has 0 spiro atoms. The molecule has 1 rings (SSSR count). The summed E-state index contributed by atoms with van der Waals surface area (Å²) in [5, 5.41) is 9.66. The third kappa shape index (κ3) is 4.53. The summed E-state index contributed by atoms with van der Waals surface area (Å²) in [5.41, 5.74) is 6.20. The first-order valence-corrected chi connectivity index (χ1v) is 4.88. The second kappa shape index (κ2) is 6.23. The smallest absolute Gasteiger partial charge is 0.388 e. The lowest BCUT2D eigenvalue weighted by Crippen LogP contribution is -2.38. The molecule has 6 heteroatoms. The predicted molar refractivity (Wildman–Crippen MR) is 62.0 cm³/mol. The molecule has 1 aromatic carbocycles. The summed E-state index contributed by atoms with van der Waals surface area (Å²) < 4.78 is 36.6. The highest BCUT2D eigenvalue weighted by molar-refractivity contribution is 5.85. The number of benzene rings is 1. The van der Waals surface area contributed by atoms with Crippen LogP contribution in [0, 0.1) is 6.92 Å². The van der Waals surface area contributed by atoms with Crippen molar-refractivity contribution in [1.29, 1.82) is 0 Å². The van der Waals surface area contributed by atoms with Crippen molar-refractivity contribution < 1.29 is 18.3 Å². The standard InChI is InChI=1S/C11H14F3NO.ClH/c1-7-4-2-3-5-8(7)9(16)6-10(15)11(12,13)14;/h2-5,9-10,16H,6,15H2,1H3;1H/t9-,10-;/m0./s1. The highest BCUT2D eigenvalue weighted by atomic mass is 35.5. The van der Waals surface area contributed by atoms with Crippen LogP contribution in [0.5, 0.6) is 0 Å². The van der Waals surface area contributed by atoms with E-state index in [1.165, 1.54) is 0 Å². The van der Waals surface area contributed by atoms with E-state index in [2.05, 4.69) is 0 Å². The van der Waals surface area contributed by atoms with Crippen molar-refractivity contribution in [2.75, 3.05) is 0 Å². The Morgan fingerprint density at radius 3 is 2.29 bits per heavy atom. The summed E-state index contributed by atoms with van der Waals surface area (Å²) in [6.45, 7) is 1.73. The molecule has 0 aliphatic rings. The zero-order valence-corrected chi connectivity index (χ0v) is 10.1. The second-order valence-electron chi connectivity index (χ2n) is 3.76. The van der Waals surface area contributed by atoms with Gasteiger partial charge in [-0.1, -0.05) is 24.3 Å².